The van der Waals surface area contributed by atoms with Crippen LogP contribution in [0.15, 0.2) is 12.7 Å². The molecule has 9 nitrogen and oxygen atoms in total. The van der Waals surface area contributed by atoms with Gasteiger partial charge in [0.05, 0.1) is 6.54 Å². The van der Waals surface area contributed by atoms with E-state index in [9.17, 15) is 24.0 Å². The highest BCUT2D eigenvalue weighted by atomic mass is 16.2. The van der Waals surface area contributed by atoms with Crippen molar-refractivity contribution in [2.45, 2.75) is 43.2 Å². The molecule has 0 fully saturated rings. The number of hydrogen-bond acceptors (Lipinski definition) is 7. The molecule has 0 saturated heterocycles. The molecule has 0 aliphatic carbocycles. The summed E-state index contributed by atoms with van der Waals surface area (Å²) < 4.78 is 0. The average molecular weight is 383 g/mol. The Labute approximate surface area is 159 Å². The quantitative estimate of drug-likeness (QED) is 0.0919. The lowest BCUT2D eigenvalue weighted by molar-refractivity contribution is -0.368. The molecule has 0 aromatic rings. The number of amides is 1. The fourth-order valence-corrected chi connectivity index (χ4v) is 2.45. The average Bonchev–Trinajstić information content (AvgIpc) is 2.71. The van der Waals surface area contributed by atoms with Gasteiger partial charge in [0.1, 0.15) is 36.2 Å². The van der Waals surface area contributed by atoms with E-state index in [0.717, 1.165) is 12.5 Å². The Morgan fingerprint density at radius 2 is 1.30 bits per heavy atom. The highest BCUT2D eigenvalue weighted by molar-refractivity contribution is 5.90. The molecular formula is C18H31N4O5+. The summed E-state index contributed by atoms with van der Waals surface area (Å²) in [5.41, 5.74) is 1.000. The van der Waals surface area contributed by atoms with Gasteiger partial charge in [0.15, 0.2) is 0 Å². The Morgan fingerprint density at radius 3 is 1.70 bits per heavy atom. The zero-order valence-electron chi connectivity index (χ0n) is 15.7. The standard InChI is InChI=1S/C18H30N4O5/c1-2-16(27)20-9-5-11-22-18(14-25,15-26)7-3-6-17(12-23,13-24)21-10-4-8-19/h2,12-15,21-22H,1,3-11,19H2,(H,20,27)/p+1. The summed E-state index contributed by atoms with van der Waals surface area (Å²) in [7, 11) is 0. The second-order valence-electron chi connectivity index (χ2n) is 6.32. The van der Waals surface area contributed by atoms with E-state index in [1.807, 2.05) is 0 Å². The summed E-state index contributed by atoms with van der Waals surface area (Å²) in [6, 6.07) is 0. The van der Waals surface area contributed by atoms with Crippen LogP contribution in [0.25, 0.3) is 0 Å². The first-order valence-corrected chi connectivity index (χ1v) is 9.02. The third-order valence-electron chi connectivity index (χ3n) is 4.20. The fraction of sp³-hybridized carbons (Fsp3) is 0.611. The number of hydrogen-bond donors (Lipinski definition) is 4. The maximum absolute atomic E-state index is 11.4. The van der Waals surface area contributed by atoms with Crippen LogP contribution in [0.4, 0.5) is 0 Å². The Kier molecular flexibility index (Phi) is 12.8. The predicted molar refractivity (Wildman–Crippen MR) is 99.8 cm³/mol. The van der Waals surface area contributed by atoms with Crippen molar-refractivity contribution in [2.75, 3.05) is 26.2 Å². The van der Waals surface area contributed by atoms with Crippen LogP contribution in [0.2, 0.25) is 0 Å². The SMILES string of the molecule is C=CC(=O)NCCCNC(C=O)(C=O)CCCC(C=O)(C=O)NCCC[NH3+]. The Hall–Kier alpha value is -2.23. The van der Waals surface area contributed by atoms with Gasteiger partial charge in [0.2, 0.25) is 5.91 Å². The van der Waals surface area contributed by atoms with Gasteiger partial charge in [-0.05, 0) is 38.3 Å². The van der Waals surface area contributed by atoms with Crippen molar-refractivity contribution in [3.63, 3.8) is 0 Å². The number of rotatable bonds is 18. The normalized spacial score (nSPS) is 11.4. The van der Waals surface area contributed by atoms with Crippen molar-refractivity contribution in [1.82, 2.24) is 16.0 Å². The van der Waals surface area contributed by atoms with Gasteiger partial charge in [-0.15, -0.1) is 0 Å². The van der Waals surface area contributed by atoms with E-state index < -0.39 is 11.1 Å². The number of carbonyl (C=O) groups is 5. The zero-order chi connectivity index (χ0) is 20.6. The van der Waals surface area contributed by atoms with Crippen LogP contribution in [0, 0.1) is 0 Å². The molecule has 0 saturated carbocycles. The van der Waals surface area contributed by atoms with Gasteiger partial charge >= 0.3 is 0 Å². The van der Waals surface area contributed by atoms with E-state index in [-0.39, 0.29) is 18.7 Å². The number of nitrogens with one attached hydrogen (secondary N) is 3. The predicted octanol–water partition coefficient (Wildman–Crippen LogP) is -2.07. The number of aldehydes is 4. The van der Waals surface area contributed by atoms with Crippen LogP contribution in [-0.4, -0.2) is 68.3 Å². The fourth-order valence-electron chi connectivity index (χ4n) is 2.45. The Balaban J connectivity index is 4.56. The molecule has 0 spiro atoms. The summed E-state index contributed by atoms with van der Waals surface area (Å²) in [6.45, 7) is 5.20. The molecule has 0 rings (SSSR count). The zero-order valence-corrected chi connectivity index (χ0v) is 15.7. The molecule has 6 N–H and O–H groups in total. The van der Waals surface area contributed by atoms with Crippen LogP contribution in [0.1, 0.15) is 32.1 Å². The van der Waals surface area contributed by atoms with E-state index >= 15 is 0 Å². The summed E-state index contributed by atoms with van der Waals surface area (Å²) in [4.78, 5) is 56.7. The van der Waals surface area contributed by atoms with Gasteiger partial charge in [-0.1, -0.05) is 6.58 Å². The molecule has 0 aromatic carbocycles. The lowest BCUT2D eigenvalue weighted by Crippen LogP contribution is -2.54. The lowest BCUT2D eigenvalue weighted by atomic mass is 9.89. The molecule has 9 heteroatoms. The maximum Gasteiger partial charge on any atom is 0.243 e. The monoisotopic (exact) mass is 383 g/mol. The molecule has 0 radical (unpaired) electrons. The van der Waals surface area contributed by atoms with Crippen molar-refractivity contribution in [1.29, 1.82) is 0 Å². The van der Waals surface area contributed by atoms with Crippen LogP contribution in [-0.2, 0) is 24.0 Å². The van der Waals surface area contributed by atoms with Gasteiger partial charge in [0.25, 0.3) is 0 Å². The van der Waals surface area contributed by atoms with Crippen LogP contribution in [0.5, 0.6) is 0 Å². The number of quaternary nitrogens is 1. The summed E-state index contributed by atoms with van der Waals surface area (Å²) in [5, 5.41) is 8.38. The maximum atomic E-state index is 11.4. The second kappa shape index (κ2) is 13.9. The molecule has 0 atom stereocenters. The van der Waals surface area contributed by atoms with E-state index in [4.69, 9.17) is 0 Å². The topological polar surface area (TPSA) is 149 Å². The van der Waals surface area contributed by atoms with Gasteiger partial charge in [-0.3, -0.25) is 15.4 Å². The first kappa shape index (κ1) is 24.8. The highest BCUT2D eigenvalue weighted by Crippen LogP contribution is 2.15. The van der Waals surface area contributed by atoms with Gasteiger partial charge in [-0.2, -0.15) is 0 Å². The van der Waals surface area contributed by atoms with Crippen LogP contribution < -0.4 is 21.7 Å². The molecule has 0 bridgehead atoms. The van der Waals surface area contributed by atoms with Crippen molar-refractivity contribution >= 4 is 31.1 Å². The molecule has 27 heavy (non-hydrogen) atoms. The van der Waals surface area contributed by atoms with Crippen molar-refractivity contribution in [3.8, 4) is 0 Å². The first-order chi connectivity index (χ1) is 13.0. The molecule has 1 amide bonds. The summed E-state index contributed by atoms with van der Waals surface area (Å²) in [6.07, 6.45) is 5.21. The minimum Gasteiger partial charge on any atom is -0.358 e. The van der Waals surface area contributed by atoms with E-state index in [2.05, 4.69) is 28.3 Å². The van der Waals surface area contributed by atoms with E-state index in [1.165, 1.54) is 0 Å². The molecule has 0 aliphatic heterocycles. The van der Waals surface area contributed by atoms with Gasteiger partial charge < -0.3 is 30.2 Å². The summed E-state index contributed by atoms with van der Waals surface area (Å²) >= 11 is 0. The molecular weight excluding hydrogens is 352 g/mol. The van der Waals surface area contributed by atoms with Gasteiger partial charge in [0, 0.05) is 19.5 Å². The van der Waals surface area contributed by atoms with E-state index in [1.54, 1.807) is 0 Å². The molecule has 152 valence electrons. The minimum absolute atomic E-state index is 0.152. The highest BCUT2D eigenvalue weighted by Gasteiger charge is 2.32. The van der Waals surface area contributed by atoms with E-state index in [0.29, 0.717) is 64.2 Å². The lowest BCUT2D eigenvalue weighted by Gasteiger charge is -2.27. The molecule has 0 aliphatic rings. The molecule has 0 aromatic heterocycles. The molecule has 0 unspecified atom stereocenters. The van der Waals surface area contributed by atoms with Crippen molar-refractivity contribution in [2.24, 2.45) is 0 Å². The minimum atomic E-state index is -1.38. The smallest absolute Gasteiger partial charge is 0.243 e. The largest absolute Gasteiger partial charge is 0.358 e. The van der Waals surface area contributed by atoms with Gasteiger partial charge in [-0.25, -0.2) is 0 Å². The Morgan fingerprint density at radius 1 is 0.815 bits per heavy atom. The van der Waals surface area contributed by atoms with Crippen molar-refractivity contribution in [3.05, 3.63) is 12.7 Å². The Bertz CT molecular complexity index is 494. The van der Waals surface area contributed by atoms with Crippen LogP contribution >= 0.6 is 0 Å². The van der Waals surface area contributed by atoms with Crippen LogP contribution in [0.3, 0.4) is 0 Å². The third-order valence-corrected chi connectivity index (χ3v) is 4.20. The second-order valence-corrected chi connectivity index (χ2v) is 6.32. The summed E-state index contributed by atoms with van der Waals surface area (Å²) in [5.74, 6) is -0.294. The third kappa shape index (κ3) is 9.32. The number of carbonyl (C=O) groups excluding carboxylic acids is 5. The van der Waals surface area contributed by atoms with Crippen molar-refractivity contribution < 1.29 is 29.7 Å². The molecule has 0 heterocycles. The first-order valence-electron chi connectivity index (χ1n) is 9.02.